The number of rotatable bonds is 9. The normalized spacial score (nSPS) is 13.8. The second-order valence-electron chi connectivity index (χ2n) is 9.66. The Balaban J connectivity index is 1.33. The Morgan fingerprint density at radius 2 is 1.70 bits per heavy atom. The van der Waals surface area contributed by atoms with Crippen molar-refractivity contribution in [2.75, 3.05) is 31.6 Å². The van der Waals surface area contributed by atoms with Crippen LogP contribution in [-0.4, -0.2) is 42.1 Å². The lowest BCUT2D eigenvalue weighted by atomic mass is 9.90. The summed E-state index contributed by atoms with van der Waals surface area (Å²) in [6.07, 6.45) is 3.38. The van der Waals surface area contributed by atoms with Crippen molar-refractivity contribution in [3.8, 4) is 11.5 Å². The molecular formula is C31H36N2O3S. The second kappa shape index (κ2) is 12.7. The van der Waals surface area contributed by atoms with Crippen LogP contribution in [0.3, 0.4) is 0 Å². The zero-order valence-corrected chi connectivity index (χ0v) is 22.8. The van der Waals surface area contributed by atoms with Crippen LogP contribution in [0.5, 0.6) is 11.5 Å². The number of amides is 1. The standard InChI is InChI=1S/C31H36N2O3S/c1-4-35-29-20-26(31(37)33-16-14-25(15-17-33)19-24-8-6-5-7-9-24)11-13-28(29)36-21-30(34)32-27-12-10-22(2)23(3)18-27/h5-13,18,20,25H,4,14-17,19,21H2,1-3H3,(H,32,34). The van der Waals surface area contributed by atoms with Crippen LogP contribution in [0.25, 0.3) is 0 Å². The Kier molecular flexibility index (Phi) is 9.18. The highest BCUT2D eigenvalue weighted by atomic mass is 32.1. The first-order valence-corrected chi connectivity index (χ1v) is 13.4. The average Bonchev–Trinajstić information content (AvgIpc) is 2.91. The predicted octanol–water partition coefficient (Wildman–Crippen LogP) is 6.35. The van der Waals surface area contributed by atoms with Gasteiger partial charge in [0, 0.05) is 24.3 Å². The van der Waals surface area contributed by atoms with Gasteiger partial charge in [-0.3, -0.25) is 4.79 Å². The lowest BCUT2D eigenvalue weighted by Gasteiger charge is -2.34. The van der Waals surface area contributed by atoms with E-state index in [0.29, 0.717) is 24.0 Å². The second-order valence-corrected chi connectivity index (χ2v) is 10.0. The number of thiocarbonyl (C=S) groups is 1. The molecule has 0 aromatic heterocycles. The average molecular weight is 517 g/mol. The number of nitrogens with zero attached hydrogens (tertiary/aromatic N) is 1. The molecule has 1 saturated heterocycles. The van der Waals surface area contributed by atoms with E-state index in [1.165, 1.54) is 11.1 Å². The number of aryl methyl sites for hydroxylation is 2. The summed E-state index contributed by atoms with van der Waals surface area (Å²) in [5.74, 6) is 1.60. The maximum atomic E-state index is 12.5. The number of piperidine rings is 1. The number of hydrogen-bond donors (Lipinski definition) is 1. The predicted molar refractivity (Wildman–Crippen MR) is 154 cm³/mol. The molecule has 0 bridgehead atoms. The Morgan fingerprint density at radius 1 is 0.946 bits per heavy atom. The van der Waals surface area contributed by atoms with Crippen molar-refractivity contribution in [1.82, 2.24) is 4.90 Å². The Labute approximate surface area is 225 Å². The minimum Gasteiger partial charge on any atom is -0.490 e. The Bertz CT molecular complexity index is 1220. The quantitative estimate of drug-likeness (QED) is 0.336. The third-order valence-electron chi connectivity index (χ3n) is 6.91. The highest BCUT2D eigenvalue weighted by molar-refractivity contribution is 7.80. The molecule has 0 saturated carbocycles. The van der Waals surface area contributed by atoms with Gasteiger partial charge in [0.25, 0.3) is 5.91 Å². The van der Waals surface area contributed by atoms with E-state index < -0.39 is 0 Å². The van der Waals surface area contributed by atoms with Crippen LogP contribution in [0.1, 0.15) is 42.0 Å². The van der Waals surface area contributed by atoms with Crippen LogP contribution >= 0.6 is 12.2 Å². The van der Waals surface area contributed by atoms with Gasteiger partial charge in [-0.05, 0) is 93.0 Å². The highest BCUT2D eigenvalue weighted by Crippen LogP contribution is 2.30. The van der Waals surface area contributed by atoms with Crippen molar-refractivity contribution in [3.63, 3.8) is 0 Å². The molecule has 0 unspecified atom stereocenters. The summed E-state index contributed by atoms with van der Waals surface area (Å²) in [5.41, 5.74) is 5.42. The summed E-state index contributed by atoms with van der Waals surface area (Å²) < 4.78 is 11.7. The molecule has 3 aromatic carbocycles. The van der Waals surface area contributed by atoms with Crippen LogP contribution in [0.2, 0.25) is 0 Å². The number of carbonyl (C=O) groups excluding carboxylic acids is 1. The number of ether oxygens (including phenoxy) is 2. The number of benzene rings is 3. The van der Waals surface area contributed by atoms with Gasteiger partial charge in [0.2, 0.25) is 0 Å². The van der Waals surface area contributed by atoms with E-state index in [-0.39, 0.29) is 12.5 Å². The minimum atomic E-state index is -0.219. The SMILES string of the molecule is CCOc1cc(C(=S)N2CCC(Cc3ccccc3)CC2)ccc1OCC(=O)Nc1ccc(C)c(C)c1. The van der Waals surface area contributed by atoms with Gasteiger partial charge in [0.15, 0.2) is 18.1 Å². The number of hydrogen-bond acceptors (Lipinski definition) is 4. The van der Waals surface area contributed by atoms with Gasteiger partial charge in [-0.2, -0.15) is 0 Å². The fourth-order valence-corrected chi connectivity index (χ4v) is 4.97. The van der Waals surface area contributed by atoms with Crippen LogP contribution in [0, 0.1) is 19.8 Å². The summed E-state index contributed by atoms with van der Waals surface area (Å²) in [4.78, 5) is 15.6. The summed E-state index contributed by atoms with van der Waals surface area (Å²) >= 11 is 5.86. The third-order valence-corrected chi connectivity index (χ3v) is 7.40. The highest BCUT2D eigenvalue weighted by Gasteiger charge is 2.22. The van der Waals surface area contributed by atoms with Gasteiger partial charge in [0.1, 0.15) is 4.99 Å². The molecule has 3 aromatic rings. The fraction of sp³-hybridized carbons (Fsp3) is 0.355. The third kappa shape index (κ3) is 7.32. The van der Waals surface area contributed by atoms with E-state index in [1.54, 1.807) is 0 Å². The van der Waals surface area contributed by atoms with Crippen molar-refractivity contribution in [1.29, 1.82) is 0 Å². The van der Waals surface area contributed by atoms with Crippen LogP contribution in [0.15, 0.2) is 66.7 Å². The van der Waals surface area contributed by atoms with Crippen molar-refractivity contribution in [3.05, 3.63) is 89.0 Å². The lowest BCUT2D eigenvalue weighted by Crippen LogP contribution is -2.38. The van der Waals surface area contributed by atoms with Gasteiger partial charge in [-0.1, -0.05) is 48.6 Å². The van der Waals surface area contributed by atoms with Gasteiger partial charge in [0.05, 0.1) is 6.61 Å². The number of anilines is 1. The first kappa shape index (κ1) is 26.7. The molecular weight excluding hydrogens is 480 g/mol. The zero-order chi connectivity index (χ0) is 26.2. The molecule has 0 atom stereocenters. The summed E-state index contributed by atoms with van der Waals surface area (Å²) in [7, 11) is 0. The van der Waals surface area contributed by atoms with Gasteiger partial charge >= 0.3 is 0 Å². The monoisotopic (exact) mass is 516 g/mol. The van der Waals surface area contributed by atoms with Gasteiger partial charge < -0.3 is 19.7 Å². The first-order valence-electron chi connectivity index (χ1n) is 13.0. The van der Waals surface area contributed by atoms with E-state index in [2.05, 4.69) is 40.5 Å². The first-order chi connectivity index (χ1) is 17.9. The molecule has 1 aliphatic heterocycles. The molecule has 1 fully saturated rings. The van der Waals surface area contributed by atoms with Crippen molar-refractivity contribution < 1.29 is 14.3 Å². The summed E-state index contributed by atoms with van der Waals surface area (Å²) in [5, 5.41) is 2.89. The van der Waals surface area contributed by atoms with Gasteiger partial charge in [-0.25, -0.2) is 0 Å². The fourth-order valence-electron chi connectivity index (χ4n) is 4.66. The van der Waals surface area contributed by atoms with Crippen molar-refractivity contribution in [2.24, 2.45) is 5.92 Å². The van der Waals surface area contributed by atoms with E-state index in [9.17, 15) is 4.79 Å². The molecule has 5 nitrogen and oxygen atoms in total. The van der Waals surface area contributed by atoms with Crippen LogP contribution < -0.4 is 14.8 Å². The molecule has 0 aliphatic carbocycles. The largest absolute Gasteiger partial charge is 0.490 e. The molecule has 1 amide bonds. The van der Waals surface area contributed by atoms with Crippen LogP contribution in [-0.2, 0) is 11.2 Å². The van der Waals surface area contributed by atoms with Gasteiger partial charge in [-0.15, -0.1) is 0 Å². The van der Waals surface area contributed by atoms with Crippen molar-refractivity contribution >= 4 is 28.8 Å². The Hall–Kier alpha value is -3.38. The maximum Gasteiger partial charge on any atom is 0.262 e. The van der Waals surface area contributed by atoms with Crippen molar-refractivity contribution in [2.45, 2.75) is 40.0 Å². The summed E-state index contributed by atoms with van der Waals surface area (Å²) in [6.45, 7) is 8.29. The Morgan fingerprint density at radius 3 is 2.41 bits per heavy atom. The topological polar surface area (TPSA) is 50.8 Å². The molecule has 37 heavy (non-hydrogen) atoms. The number of carbonyl (C=O) groups is 1. The lowest BCUT2D eigenvalue weighted by molar-refractivity contribution is -0.118. The molecule has 1 N–H and O–H groups in total. The minimum absolute atomic E-state index is 0.105. The molecule has 194 valence electrons. The zero-order valence-electron chi connectivity index (χ0n) is 22.0. The number of nitrogens with one attached hydrogen (secondary N) is 1. The molecule has 0 spiro atoms. The van der Waals surface area contributed by atoms with E-state index in [1.807, 2.05) is 57.2 Å². The molecule has 0 radical (unpaired) electrons. The maximum absolute atomic E-state index is 12.5. The molecule has 6 heteroatoms. The van der Waals surface area contributed by atoms with Crippen LogP contribution in [0.4, 0.5) is 5.69 Å². The van der Waals surface area contributed by atoms with E-state index in [4.69, 9.17) is 21.7 Å². The molecule has 4 rings (SSSR count). The molecule has 1 aliphatic rings. The smallest absolute Gasteiger partial charge is 0.262 e. The number of likely N-dealkylation sites (tertiary alicyclic amines) is 1. The van der Waals surface area contributed by atoms with E-state index >= 15 is 0 Å². The summed E-state index contributed by atoms with van der Waals surface area (Å²) in [6, 6.07) is 22.3. The van der Waals surface area contributed by atoms with E-state index in [0.717, 1.165) is 54.2 Å². The molecule has 1 heterocycles.